The van der Waals surface area contributed by atoms with Crippen molar-refractivity contribution in [1.82, 2.24) is 10.2 Å². The van der Waals surface area contributed by atoms with Crippen LogP contribution in [-0.4, -0.2) is 45.3 Å². The topological polar surface area (TPSA) is 111 Å². The molecule has 0 radical (unpaired) electrons. The molecule has 0 aliphatic rings. The normalized spacial score (nSPS) is 11.1. The zero-order chi connectivity index (χ0) is 25.7. The molecule has 1 N–H and O–H groups in total. The highest BCUT2D eigenvalue weighted by molar-refractivity contribution is 7.92. The van der Waals surface area contributed by atoms with Crippen LogP contribution in [0.3, 0.4) is 0 Å². The van der Waals surface area contributed by atoms with E-state index in [1.165, 1.54) is 43.8 Å². The molecule has 0 atom stereocenters. The zero-order valence-electron chi connectivity index (χ0n) is 19.8. The summed E-state index contributed by atoms with van der Waals surface area (Å²) in [5, 5.41) is 11.7. The Kier molecular flexibility index (Phi) is 7.51. The molecule has 11 heteroatoms. The minimum atomic E-state index is -4.14. The maximum Gasteiger partial charge on any atom is 0.264 e. The van der Waals surface area contributed by atoms with Crippen molar-refractivity contribution in [2.75, 3.05) is 30.4 Å². The fourth-order valence-electron chi connectivity index (χ4n) is 3.39. The lowest BCUT2D eigenvalue weighted by Crippen LogP contribution is -2.38. The van der Waals surface area contributed by atoms with Gasteiger partial charge in [0.1, 0.15) is 23.1 Å². The van der Waals surface area contributed by atoms with Gasteiger partial charge in [-0.25, -0.2) is 8.42 Å². The number of carbonyl (C=O) groups excluding carboxylic acids is 1. The molecule has 186 valence electrons. The quantitative estimate of drug-likeness (QED) is 0.346. The Morgan fingerprint density at radius 2 is 1.69 bits per heavy atom. The number of rotatable bonds is 9. The Balaban J connectivity index is 1.65. The Morgan fingerprint density at radius 1 is 0.972 bits per heavy atom. The Hall–Kier alpha value is -3.96. The van der Waals surface area contributed by atoms with Gasteiger partial charge in [0.05, 0.1) is 24.8 Å². The minimum absolute atomic E-state index is 0.0280. The van der Waals surface area contributed by atoms with E-state index in [-0.39, 0.29) is 21.5 Å². The summed E-state index contributed by atoms with van der Waals surface area (Å²) >= 11 is 1.19. The molecule has 0 unspecified atom stereocenters. The summed E-state index contributed by atoms with van der Waals surface area (Å²) in [7, 11) is -1.25. The molecule has 0 fully saturated rings. The molecule has 0 saturated heterocycles. The smallest absolute Gasteiger partial charge is 0.264 e. The largest absolute Gasteiger partial charge is 0.497 e. The molecule has 1 amide bonds. The van der Waals surface area contributed by atoms with Crippen LogP contribution in [0.25, 0.3) is 10.6 Å². The number of nitrogens with zero attached hydrogens (tertiary/aromatic N) is 3. The monoisotopic (exact) mass is 524 g/mol. The van der Waals surface area contributed by atoms with Gasteiger partial charge >= 0.3 is 0 Å². The lowest BCUT2D eigenvalue weighted by atomic mass is 10.2. The second kappa shape index (κ2) is 10.8. The van der Waals surface area contributed by atoms with Crippen molar-refractivity contribution in [3.05, 3.63) is 78.4 Å². The molecule has 0 saturated carbocycles. The van der Waals surface area contributed by atoms with E-state index in [1.807, 2.05) is 31.2 Å². The number of nitrogens with one attached hydrogen (secondary N) is 1. The Morgan fingerprint density at radius 3 is 2.36 bits per heavy atom. The molecule has 4 rings (SSSR count). The van der Waals surface area contributed by atoms with Crippen molar-refractivity contribution in [3.63, 3.8) is 0 Å². The first-order valence-electron chi connectivity index (χ1n) is 10.8. The van der Waals surface area contributed by atoms with E-state index in [1.54, 1.807) is 30.3 Å². The van der Waals surface area contributed by atoms with Gasteiger partial charge in [-0.3, -0.25) is 14.4 Å². The highest BCUT2D eigenvalue weighted by Gasteiger charge is 2.30. The summed E-state index contributed by atoms with van der Waals surface area (Å²) in [6.07, 6.45) is 0. The van der Waals surface area contributed by atoms with Gasteiger partial charge < -0.3 is 9.47 Å². The van der Waals surface area contributed by atoms with Crippen LogP contribution in [0.1, 0.15) is 5.56 Å². The third kappa shape index (κ3) is 5.47. The van der Waals surface area contributed by atoms with Gasteiger partial charge in [-0.15, -0.1) is 10.2 Å². The molecule has 3 aromatic carbocycles. The van der Waals surface area contributed by atoms with Gasteiger partial charge in [0.15, 0.2) is 0 Å². The van der Waals surface area contributed by atoms with E-state index in [9.17, 15) is 13.2 Å². The fourth-order valence-corrected chi connectivity index (χ4v) is 5.60. The van der Waals surface area contributed by atoms with Crippen LogP contribution in [0.2, 0.25) is 0 Å². The first-order chi connectivity index (χ1) is 17.3. The summed E-state index contributed by atoms with van der Waals surface area (Å²) in [5.74, 6) is 0.0815. The van der Waals surface area contributed by atoms with Crippen molar-refractivity contribution < 1.29 is 22.7 Å². The first-order valence-corrected chi connectivity index (χ1v) is 13.1. The Labute approximate surface area is 213 Å². The second-order valence-corrected chi connectivity index (χ2v) is 10.5. The summed E-state index contributed by atoms with van der Waals surface area (Å²) in [6, 6.07) is 20.4. The van der Waals surface area contributed by atoms with Crippen LogP contribution >= 0.6 is 11.3 Å². The number of hydrogen-bond donors (Lipinski definition) is 1. The van der Waals surface area contributed by atoms with Crippen LogP contribution in [-0.2, 0) is 14.8 Å². The molecule has 36 heavy (non-hydrogen) atoms. The number of carbonyl (C=O) groups is 1. The number of hydrogen-bond acceptors (Lipinski definition) is 8. The van der Waals surface area contributed by atoms with Gasteiger partial charge in [0.25, 0.3) is 10.0 Å². The van der Waals surface area contributed by atoms with Crippen LogP contribution < -0.4 is 19.1 Å². The predicted molar refractivity (Wildman–Crippen MR) is 139 cm³/mol. The van der Waals surface area contributed by atoms with Crippen LogP contribution in [0, 0.1) is 6.92 Å². The number of ether oxygens (including phenoxy) is 2. The van der Waals surface area contributed by atoms with E-state index in [0.717, 1.165) is 15.4 Å². The average Bonchev–Trinajstić information content (AvgIpc) is 3.36. The lowest BCUT2D eigenvalue weighted by molar-refractivity contribution is -0.114. The zero-order valence-corrected chi connectivity index (χ0v) is 21.5. The van der Waals surface area contributed by atoms with Crippen molar-refractivity contribution in [2.24, 2.45) is 0 Å². The van der Waals surface area contributed by atoms with Crippen molar-refractivity contribution in [1.29, 1.82) is 0 Å². The summed E-state index contributed by atoms with van der Waals surface area (Å²) in [6.45, 7) is 1.46. The van der Waals surface area contributed by atoms with E-state index >= 15 is 0 Å². The number of aromatic nitrogens is 2. The van der Waals surface area contributed by atoms with E-state index in [4.69, 9.17) is 9.47 Å². The highest BCUT2D eigenvalue weighted by Crippen LogP contribution is 2.36. The molecule has 4 aromatic rings. The van der Waals surface area contributed by atoms with Gasteiger partial charge in [-0.1, -0.05) is 59.4 Å². The van der Waals surface area contributed by atoms with E-state index < -0.39 is 22.5 Å². The van der Waals surface area contributed by atoms with Gasteiger partial charge in [0.2, 0.25) is 11.0 Å². The average molecular weight is 525 g/mol. The molecule has 9 nitrogen and oxygen atoms in total. The molecule has 0 bridgehead atoms. The van der Waals surface area contributed by atoms with Gasteiger partial charge in [-0.2, -0.15) is 0 Å². The summed E-state index contributed by atoms with van der Waals surface area (Å²) in [4.78, 5) is 13.1. The third-order valence-electron chi connectivity index (χ3n) is 5.24. The summed E-state index contributed by atoms with van der Waals surface area (Å²) < 4.78 is 38.9. The molecule has 0 aliphatic carbocycles. The van der Waals surface area contributed by atoms with Gasteiger partial charge in [0, 0.05) is 11.6 Å². The first kappa shape index (κ1) is 25.1. The lowest BCUT2D eigenvalue weighted by Gasteiger charge is -2.25. The fraction of sp³-hybridized carbons (Fsp3) is 0.160. The highest BCUT2D eigenvalue weighted by atomic mass is 32.2. The standard InChI is InChI=1S/C25H24N4O5S2/c1-17-9-11-18(12-10-17)24-27-28-25(35-24)26-23(30)16-29(36(31,32)20-7-5-4-6-8-20)21-15-19(33-2)13-14-22(21)34-3/h4-15H,16H2,1-3H3,(H,26,28,30). The number of benzene rings is 3. The van der Waals surface area contributed by atoms with Crippen molar-refractivity contribution in [2.45, 2.75) is 11.8 Å². The molecular weight excluding hydrogens is 500 g/mol. The minimum Gasteiger partial charge on any atom is -0.497 e. The summed E-state index contributed by atoms with van der Waals surface area (Å²) in [5.41, 5.74) is 2.14. The van der Waals surface area contributed by atoms with Crippen molar-refractivity contribution in [3.8, 4) is 22.1 Å². The molecular formula is C25H24N4O5S2. The maximum absolute atomic E-state index is 13.6. The Bertz CT molecular complexity index is 1460. The number of anilines is 2. The van der Waals surface area contributed by atoms with Gasteiger partial charge in [-0.05, 0) is 31.2 Å². The molecule has 1 heterocycles. The number of methoxy groups -OCH3 is 2. The maximum atomic E-state index is 13.6. The van der Waals surface area contributed by atoms with E-state index in [2.05, 4.69) is 15.5 Å². The predicted octanol–water partition coefficient (Wildman–Crippen LogP) is 4.36. The van der Waals surface area contributed by atoms with E-state index in [0.29, 0.717) is 10.8 Å². The van der Waals surface area contributed by atoms with Crippen LogP contribution in [0.4, 0.5) is 10.8 Å². The molecule has 0 spiro atoms. The van der Waals surface area contributed by atoms with Crippen LogP contribution in [0.15, 0.2) is 77.7 Å². The second-order valence-electron chi connectivity index (χ2n) is 7.69. The van der Waals surface area contributed by atoms with Crippen molar-refractivity contribution >= 4 is 38.1 Å². The number of sulfonamides is 1. The SMILES string of the molecule is COc1ccc(OC)c(N(CC(=O)Nc2nnc(-c3ccc(C)cc3)s2)S(=O)(=O)c2ccccc2)c1. The molecule has 1 aromatic heterocycles. The van der Waals surface area contributed by atoms with Crippen LogP contribution in [0.5, 0.6) is 11.5 Å². The molecule has 0 aliphatic heterocycles. The number of amides is 1. The third-order valence-corrected chi connectivity index (χ3v) is 7.90. The number of aryl methyl sites for hydroxylation is 1.